The van der Waals surface area contributed by atoms with Gasteiger partial charge in [-0.05, 0) is 63.2 Å². The lowest BCUT2D eigenvalue weighted by Crippen LogP contribution is -2.33. The standard InChI is InChI=1S/C23H27N5O2/c1-13(2)18-10-17(26-22-20(21(24)30)25-12-28(18)22)19(29)8-6-14-5-7-15-11-23(3,4)27-16(15)9-14/h5,7,10,12,14,27H,1,6,8-9,11H2,2-4H3,(H2,24,30). The van der Waals surface area contributed by atoms with Gasteiger partial charge in [-0.25, -0.2) is 9.97 Å². The first-order valence-electron chi connectivity index (χ1n) is 10.2. The molecule has 2 aromatic rings. The van der Waals surface area contributed by atoms with Crippen LogP contribution in [0.4, 0.5) is 0 Å². The molecule has 0 fully saturated rings. The summed E-state index contributed by atoms with van der Waals surface area (Å²) in [5, 5.41) is 3.60. The van der Waals surface area contributed by atoms with Crippen LogP contribution in [0.3, 0.4) is 0 Å². The average molecular weight is 406 g/mol. The van der Waals surface area contributed by atoms with E-state index in [1.807, 2.05) is 6.92 Å². The third kappa shape index (κ3) is 3.67. The second-order valence-corrected chi connectivity index (χ2v) is 8.93. The minimum Gasteiger partial charge on any atom is -0.383 e. The van der Waals surface area contributed by atoms with Gasteiger partial charge in [0, 0.05) is 17.7 Å². The van der Waals surface area contributed by atoms with Crippen molar-refractivity contribution in [3.05, 3.63) is 59.5 Å². The summed E-state index contributed by atoms with van der Waals surface area (Å²) in [7, 11) is 0. The first-order valence-corrected chi connectivity index (χ1v) is 10.2. The predicted octanol–water partition coefficient (Wildman–Crippen LogP) is 3.43. The number of aromatic nitrogens is 3. The number of Topliss-reactive ketones (excluding diaryl/α,β-unsaturated/α-hetero) is 1. The first kappa shape index (κ1) is 20.1. The Kier molecular flexibility index (Phi) is 4.84. The van der Waals surface area contributed by atoms with E-state index in [2.05, 4.69) is 47.9 Å². The number of allylic oxidation sites excluding steroid dienone is 4. The number of ketones is 1. The van der Waals surface area contributed by atoms with Gasteiger partial charge in [-0.15, -0.1) is 0 Å². The van der Waals surface area contributed by atoms with Crippen LogP contribution in [0.25, 0.3) is 11.2 Å². The molecule has 1 aliphatic heterocycles. The number of hydrogen-bond acceptors (Lipinski definition) is 5. The van der Waals surface area contributed by atoms with Gasteiger partial charge in [-0.1, -0.05) is 18.7 Å². The minimum absolute atomic E-state index is 0.0525. The lowest BCUT2D eigenvalue weighted by molar-refractivity contribution is 0.0967. The maximum Gasteiger partial charge on any atom is 0.271 e. The zero-order valence-corrected chi connectivity index (χ0v) is 17.7. The number of fused-ring (bicyclic) bond motifs is 1. The molecule has 0 spiro atoms. The number of hydrogen-bond donors (Lipinski definition) is 2. The minimum atomic E-state index is -0.675. The Morgan fingerprint density at radius 3 is 2.87 bits per heavy atom. The molecular formula is C23H27N5O2. The molecule has 2 aliphatic rings. The van der Waals surface area contributed by atoms with Crippen molar-refractivity contribution < 1.29 is 9.59 Å². The van der Waals surface area contributed by atoms with Gasteiger partial charge < -0.3 is 11.1 Å². The Morgan fingerprint density at radius 2 is 2.17 bits per heavy atom. The zero-order chi connectivity index (χ0) is 21.6. The van der Waals surface area contributed by atoms with Gasteiger partial charge in [0.05, 0.1) is 5.69 Å². The third-order valence-corrected chi connectivity index (χ3v) is 5.75. The normalized spacial score (nSPS) is 19.6. The molecule has 30 heavy (non-hydrogen) atoms. The monoisotopic (exact) mass is 405 g/mol. The molecule has 1 unspecified atom stereocenters. The van der Waals surface area contributed by atoms with Gasteiger partial charge in [-0.3, -0.25) is 14.0 Å². The van der Waals surface area contributed by atoms with E-state index >= 15 is 0 Å². The van der Waals surface area contributed by atoms with E-state index in [0.717, 1.165) is 24.8 Å². The summed E-state index contributed by atoms with van der Waals surface area (Å²) in [6.07, 6.45) is 8.98. The Morgan fingerprint density at radius 1 is 1.40 bits per heavy atom. The Hall–Kier alpha value is -3.22. The third-order valence-electron chi connectivity index (χ3n) is 5.75. The maximum atomic E-state index is 12.9. The fourth-order valence-electron chi connectivity index (χ4n) is 4.30. The number of nitrogens with two attached hydrogens (primary N) is 1. The SMILES string of the molecule is C=C(C)c1cc(C(=O)CCC2C=CC3=C(C2)NC(C)(C)C3)nc2c(C(N)=O)ncn12. The lowest BCUT2D eigenvalue weighted by Gasteiger charge is -2.22. The van der Waals surface area contributed by atoms with E-state index in [4.69, 9.17) is 5.73 Å². The number of imidazole rings is 1. The van der Waals surface area contributed by atoms with Crippen molar-refractivity contribution in [3.8, 4) is 0 Å². The molecule has 3 heterocycles. The highest BCUT2D eigenvalue weighted by Crippen LogP contribution is 2.36. The molecule has 1 aliphatic carbocycles. The van der Waals surface area contributed by atoms with Gasteiger partial charge in [0.2, 0.25) is 0 Å². The Bertz CT molecular complexity index is 1140. The van der Waals surface area contributed by atoms with Gasteiger partial charge in [0.15, 0.2) is 17.1 Å². The van der Waals surface area contributed by atoms with E-state index in [9.17, 15) is 9.59 Å². The molecule has 3 N–H and O–H groups in total. The van der Waals surface area contributed by atoms with E-state index in [1.165, 1.54) is 17.6 Å². The van der Waals surface area contributed by atoms with Crippen molar-refractivity contribution >= 4 is 22.9 Å². The summed E-state index contributed by atoms with van der Waals surface area (Å²) < 4.78 is 1.64. The van der Waals surface area contributed by atoms with Gasteiger partial charge in [-0.2, -0.15) is 0 Å². The van der Waals surface area contributed by atoms with Crippen LogP contribution in [0.15, 0.2) is 42.4 Å². The molecule has 0 radical (unpaired) electrons. The fourth-order valence-corrected chi connectivity index (χ4v) is 4.30. The highest BCUT2D eigenvalue weighted by molar-refractivity contribution is 5.99. The molecule has 0 saturated carbocycles. The molecule has 1 amide bonds. The Labute approximate surface area is 175 Å². The number of primary amides is 1. The van der Waals surface area contributed by atoms with E-state index in [1.54, 1.807) is 10.5 Å². The van der Waals surface area contributed by atoms with Gasteiger partial charge >= 0.3 is 0 Å². The zero-order valence-electron chi connectivity index (χ0n) is 17.7. The summed E-state index contributed by atoms with van der Waals surface area (Å²) in [5.74, 6) is -0.426. The van der Waals surface area contributed by atoms with E-state index in [-0.39, 0.29) is 22.7 Å². The molecular weight excluding hydrogens is 378 g/mol. The number of carbonyl (C=O) groups excluding carboxylic acids is 2. The summed E-state index contributed by atoms with van der Waals surface area (Å²) in [6, 6.07) is 1.71. The summed E-state index contributed by atoms with van der Waals surface area (Å²) in [4.78, 5) is 33.1. The number of nitrogens with one attached hydrogen (secondary N) is 1. The molecule has 0 bridgehead atoms. The van der Waals surface area contributed by atoms with Crippen molar-refractivity contribution in [3.63, 3.8) is 0 Å². The molecule has 2 aromatic heterocycles. The molecule has 156 valence electrons. The Balaban J connectivity index is 1.51. The summed E-state index contributed by atoms with van der Waals surface area (Å²) >= 11 is 0. The highest BCUT2D eigenvalue weighted by Gasteiger charge is 2.31. The van der Waals surface area contributed by atoms with Crippen LogP contribution in [-0.2, 0) is 0 Å². The van der Waals surface area contributed by atoms with Crippen LogP contribution < -0.4 is 11.1 Å². The highest BCUT2D eigenvalue weighted by atomic mass is 16.1. The topological polar surface area (TPSA) is 102 Å². The number of nitrogens with zero attached hydrogens (tertiary/aromatic N) is 3. The number of carbonyl (C=O) groups is 2. The van der Waals surface area contributed by atoms with Crippen LogP contribution in [0, 0.1) is 5.92 Å². The van der Waals surface area contributed by atoms with E-state index in [0.29, 0.717) is 23.7 Å². The van der Waals surface area contributed by atoms with Crippen molar-refractivity contribution in [2.45, 2.75) is 52.0 Å². The maximum absolute atomic E-state index is 12.9. The second-order valence-electron chi connectivity index (χ2n) is 8.93. The summed E-state index contributed by atoms with van der Waals surface area (Å²) in [5.41, 5.74) is 10.3. The molecule has 1 atom stereocenters. The lowest BCUT2D eigenvalue weighted by atomic mass is 9.89. The molecule has 7 nitrogen and oxygen atoms in total. The van der Waals surface area contributed by atoms with Crippen LogP contribution in [-0.4, -0.2) is 31.6 Å². The van der Waals surface area contributed by atoms with E-state index < -0.39 is 5.91 Å². The number of amides is 1. The smallest absolute Gasteiger partial charge is 0.271 e. The van der Waals surface area contributed by atoms with Gasteiger partial charge in [0.1, 0.15) is 12.0 Å². The number of rotatable bonds is 6. The van der Waals surface area contributed by atoms with Crippen LogP contribution >= 0.6 is 0 Å². The quantitative estimate of drug-likeness (QED) is 0.717. The van der Waals surface area contributed by atoms with Crippen molar-refractivity contribution in [1.82, 2.24) is 19.7 Å². The van der Waals surface area contributed by atoms with Crippen LogP contribution in [0.1, 0.15) is 73.1 Å². The largest absolute Gasteiger partial charge is 0.383 e. The predicted molar refractivity (Wildman–Crippen MR) is 116 cm³/mol. The van der Waals surface area contributed by atoms with Crippen LogP contribution in [0.5, 0.6) is 0 Å². The summed E-state index contributed by atoms with van der Waals surface area (Å²) in [6.45, 7) is 10.2. The van der Waals surface area contributed by atoms with Gasteiger partial charge in [0.25, 0.3) is 5.91 Å². The molecule has 7 heteroatoms. The second kappa shape index (κ2) is 7.23. The molecule has 0 aromatic carbocycles. The van der Waals surface area contributed by atoms with Crippen molar-refractivity contribution in [1.29, 1.82) is 0 Å². The molecule has 4 rings (SSSR count). The first-order chi connectivity index (χ1) is 14.1. The average Bonchev–Trinajstić information content (AvgIpc) is 3.23. The van der Waals surface area contributed by atoms with Crippen molar-refractivity contribution in [2.24, 2.45) is 11.7 Å². The molecule has 0 saturated heterocycles. The van der Waals surface area contributed by atoms with Crippen LogP contribution in [0.2, 0.25) is 0 Å². The fraction of sp³-hybridized carbons (Fsp3) is 0.391. The van der Waals surface area contributed by atoms with Crippen molar-refractivity contribution in [2.75, 3.05) is 0 Å².